The summed E-state index contributed by atoms with van der Waals surface area (Å²) in [6.45, 7) is 5.87. The van der Waals surface area contributed by atoms with Crippen molar-refractivity contribution < 1.29 is 9.15 Å². The first-order chi connectivity index (χ1) is 8.34. The van der Waals surface area contributed by atoms with E-state index < -0.39 is 0 Å². The molecule has 1 aromatic rings. The molecular weight excluding hydrogens is 216 g/mol. The van der Waals surface area contributed by atoms with Gasteiger partial charge in [-0.15, -0.1) is 0 Å². The Morgan fingerprint density at radius 3 is 3.24 bits per heavy atom. The standard InChI is InChI=1S/C13H22N2O2/c1-11(9-13-3-2-7-17-13)14-5-4-12-10-16-8-6-15-12/h2-3,7,11-12,14-15H,4-6,8-10H2,1H3. The van der Waals surface area contributed by atoms with E-state index in [1.54, 1.807) is 6.26 Å². The van der Waals surface area contributed by atoms with Crippen LogP contribution in [0.1, 0.15) is 19.1 Å². The van der Waals surface area contributed by atoms with Gasteiger partial charge in [-0.05, 0) is 32.0 Å². The summed E-state index contributed by atoms with van der Waals surface area (Å²) in [6, 6.07) is 4.91. The predicted molar refractivity (Wildman–Crippen MR) is 67.1 cm³/mol. The maximum absolute atomic E-state index is 5.42. The lowest BCUT2D eigenvalue weighted by atomic mass is 10.1. The molecular formula is C13H22N2O2. The summed E-state index contributed by atoms with van der Waals surface area (Å²) >= 11 is 0. The number of hydrogen-bond donors (Lipinski definition) is 2. The molecule has 2 heterocycles. The van der Waals surface area contributed by atoms with Gasteiger partial charge in [0.15, 0.2) is 0 Å². The molecule has 2 atom stereocenters. The molecule has 1 aliphatic heterocycles. The van der Waals surface area contributed by atoms with Gasteiger partial charge in [-0.2, -0.15) is 0 Å². The average Bonchev–Trinajstić information content (AvgIpc) is 2.83. The lowest BCUT2D eigenvalue weighted by Gasteiger charge is -2.24. The highest BCUT2D eigenvalue weighted by Crippen LogP contribution is 2.04. The Balaban J connectivity index is 1.58. The van der Waals surface area contributed by atoms with Gasteiger partial charge in [-0.1, -0.05) is 0 Å². The van der Waals surface area contributed by atoms with Crippen LogP contribution in [0.15, 0.2) is 22.8 Å². The SMILES string of the molecule is CC(Cc1ccco1)NCCC1COCCN1. The molecule has 2 rings (SSSR count). The van der Waals surface area contributed by atoms with Crippen molar-refractivity contribution in [1.29, 1.82) is 0 Å². The van der Waals surface area contributed by atoms with Gasteiger partial charge in [0.2, 0.25) is 0 Å². The minimum absolute atomic E-state index is 0.450. The molecule has 1 aromatic heterocycles. The number of morpholine rings is 1. The van der Waals surface area contributed by atoms with E-state index in [9.17, 15) is 0 Å². The highest BCUT2D eigenvalue weighted by molar-refractivity contribution is 4.99. The summed E-state index contributed by atoms with van der Waals surface area (Å²) in [5, 5.41) is 6.97. The minimum Gasteiger partial charge on any atom is -0.469 e. The predicted octanol–water partition coefficient (Wildman–Crippen LogP) is 1.18. The fourth-order valence-electron chi connectivity index (χ4n) is 2.11. The van der Waals surface area contributed by atoms with Crippen LogP contribution in [0.3, 0.4) is 0 Å². The molecule has 0 aliphatic carbocycles. The van der Waals surface area contributed by atoms with E-state index in [1.807, 2.05) is 12.1 Å². The highest BCUT2D eigenvalue weighted by Gasteiger charge is 2.12. The second-order valence-electron chi connectivity index (χ2n) is 4.65. The molecule has 2 N–H and O–H groups in total. The van der Waals surface area contributed by atoms with E-state index in [0.29, 0.717) is 12.1 Å². The van der Waals surface area contributed by atoms with Crippen LogP contribution >= 0.6 is 0 Å². The van der Waals surface area contributed by atoms with Gasteiger partial charge in [-0.25, -0.2) is 0 Å². The third-order valence-electron chi connectivity index (χ3n) is 3.07. The van der Waals surface area contributed by atoms with Crippen LogP contribution in [-0.2, 0) is 11.2 Å². The molecule has 4 nitrogen and oxygen atoms in total. The quantitative estimate of drug-likeness (QED) is 0.781. The molecule has 0 bridgehead atoms. The Morgan fingerprint density at radius 2 is 2.53 bits per heavy atom. The first-order valence-electron chi connectivity index (χ1n) is 6.41. The molecule has 0 radical (unpaired) electrons. The number of hydrogen-bond acceptors (Lipinski definition) is 4. The maximum Gasteiger partial charge on any atom is 0.105 e. The first-order valence-corrected chi connectivity index (χ1v) is 6.41. The summed E-state index contributed by atoms with van der Waals surface area (Å²) < 4.78 is 10.7. The van der Waals surface area contributed by atoms with Crippen molar-refractivity contribution in [2.45, 2.75) is 31.8 Å². The number of nitrogens with one attached hydrogen (secondary N) is 2. The van der Waals surface area contributed by atoms with E-state index in [2.05, 4.69) is 17.6 Å². The number of rotatable bonds is 6. The molecule has 96 valence electrons. The largest absolute Gasteiger partial charge is 0.469 e. The molecule has 0 saturated carbocycles. The molecule has 0 spiro atoms. The van der Waals surface area contributed by atoms with Crippen molar-refractivity contribution in [1.82, 2.24) is 10.6 Å². The third kappa shape index (κ3) is 4.50. The second-order valence-corrected chi connectivity index (χ2v) is 4.65. The number of furan rings is 1. The van der Waals surface area contributed by atoms with Crippen molar-refractivity contribution in [3.63, 3.8) is 0 Å². The lowest BCUT2D eigenvalue weighted by molar-refractivity contribution is 0.0740. The lowest BCUT2D eigenvalue weighted by Crippen LogP contribution is -2.43. The van der Waals surface area contributed by atoms with E-state index in [4.69, 9.17) is 9.15 Å². The second kappa shape index (κ2) is 6.79. The zero-order valence-electron chi connectivity index (χ0n) is 10.4. The zero-order valence-corrected chi connectivity index (χ0v) is 10.4. The summed E-state index contributed by atoms with van der Waals surface area (Å²) in [6.07, 6.45) is 3.79. The van der Waals surface area contributed by atoms with Crippen LogP contribution in [0.25, 0.3) is 0 Å². The van der Waals surface area contributed by atoms with Crippen LogP contribution in [0, 0.1) is 0 Å². The van der Waals surface area contributed by atoms with Crippen molar-refractivity contribution >= 4 is 0 Å². The van der Waals surface area contributed by atoms with Crippen LogP contribution in [0.5, 0.6) is 0 Å². The topological polar surface area (TPSA) is 46.4 Å². The Labute approximate surface area is 103 Å². The van der Waals surface area contributed by atoms with Gasteiger partial charge in [0, 0.05) is 25.0 Å². The minimum atomic E-state index is 0.450. The van der Waals surface area contributed by atoms with Crippen LogP contribution in [-0.4, -0.2) is 38.4 Å². The van der Waals surface area contributed by atoms with Crippen LogP contribution in [0.2, 0.25) is 0 Å². The monoisotopic (exact) mass is 238 g/mol. The van der Waals surface area contributed by atoms with Gasteiger partial charge in [0.25, 0.3) is 0 Å². The summed E-state index contributed by atoms with van der Waals surface area (Å²) in [4.78, 5) is 0. The van der Waals surface area contributed by atoms with Gasteiger partial charge in [-0.3, -0.25) is 0 Å². The molecule has 0 aromatic carbocycles. The summed E-state index contributed by atoms with van der Waals surface area (Å²) in [5.74, 6) is 1.05. The number of ether oxygens (including phenoxy) is 1. The first kappa shape index (κ1) is 12.6. The molecule has 1 fully saturated rings. The summed E-state index contributed by atoms with van der Waals surface area (Å²) in [5.41, 5.74) is 0. The Kier molecular flexibility index (Phi) is 5.04. The van der Waals surface area contributed by atoms with Crippen molar-refractivity contribution in [2.24, 2.45) is 0 Å². The Morgan fingerprint density at radius 1 is 1.59 bits per heavy atom. The normalized spacial score (nSPS) is 22.5. The Hall–Kier alpha value is -0.840. The molecule has 1 aliphatic rings. The van der Waals surface area contributed by atoms with E-state index in [0.717, 1.165) is 44.9 Å². The van der Waals surface area contributed by atoms with Crippen LogP contribution < -0.4 is 10.6 Å². The fourth-order valence-corrected chi connectivity index (χ4v) is 2.11. The van der Waals surface area contributed by atoms with Gasteiger partial charge < -0.3 is 19.8 Å². The summed E-state index contributed by atoms with van der Waals surface area (Å²) in [7, 11) is 0. The van der Waals surface area contributed by atoms with Gasteiger partial charge >= 0.3 is 0 Å². The third-order valence-corrected chi connectivity index (χ3v) is 3.07. The van der Waals surface area contributed by atoms with Crippen molar-refractivity contribution in [3.8, 4) is 0 Å². The smallest absolute Gasteiger partial charge is 0.105 e. The zero-order chi connectivity index (χ0) is 11.9. The molecule has 17 heavy (non-hydrogen) atoms. The van der Waals surface area contributed by atoms with E-state index in [-0.39, 0.29) is 0 Å². The fraction of sp³-hybridized carbons (Fsp3) is 0.692. The van der Waals surface area contributed by atoms with Crippen molar-refractivity contribution in [2.75, 3.05) is 26.3 Å². The van der Waals surface area contributed by atoms with Gasteiger partial charge in [0.05, 0.1) is 19.5 Å². The average molecular weight is 238 g/mol. The molecule has 0 amide bonds. The van der Waals surface area contributed by atoms with E-state index >= 15 is 0 Å². The maximum atomic E-state index is 5.42. The Bertz CT molecular complexity index is 294. The van der Waals surface area contributed by atoms with E-state index in [1.165, 1.54) is 0 Å². The highest BCUT2D eigenvalue weighted by atomic mass is 16.5. The van der Waals surface area contributed by atoms with Crippen molar-refractivity contribution in [3.05, 3.63) is 24.2 Å². The molecule has 1 saturated heterocycles. The molecule has 2 unspecified atom stereocenters. The van der Waals surface area contributed by atoms with Gasteiger partial charge in [0.1, 0.15) is 5.76 Å². The molecule has 4 heteroatoms. The van der Waals surface area contributed by atoms with Crippen LogP contribution in [0.4, 0.5) is 0 Å².